The third-order valence-corrected chi connectivity index (χ3v) is 7.38. The van der Waals surface area contributed by atoms with Gasteiger partial charge in [0.15, 0.2) is 0 Å². The summed E-state index contributed by atoms with van der Waals surface area (Å²) < 4.78 is 26.2. The molecule has 0 spiro atoms. The monoisotopic (exact) mass is 536 g/mol. The van der Waals surface area contributed by atoms with Crippen molar-refractivity contribution < 1.29 is 23.5 Å². The lowest BCUT2D eigenvalue weighted by atomic mass is 9.98. The molecule has 0 unspecified atom stereocenters. The predicted molar refractivity (Wildman–Crippen MR) is 145 cm³/mol. The van der Waals surface area contributed by atoms with Gasteiger partial charge >= 0.3 is 6.09 Å². The molecule has 2 amide bonds. The maximum Gasteiger partial charge on any atom is 0.410 e. The molecule has 4 rings (SSSR count). The average Bonchev–Trinajstić information content (AvgIpc) is 3.42. The van der Waals surface area contributed by atoms with Crippen LogP contribution in [0.5, 0.6) is 5.75 Å². The molecule has 0 radical (unpaired) electrons. The van der Waals surface area contributed by atoms with Crippen LogP contribution in [-0.4, -0.2) is 66.2 Å². The lowest BCUT2D eigenvalue weighted by Gasteiger charge is -2.31. The van der Waals surface area contributed by atoms with Crippen molar-refractivity contribution in [2.75, 3.05) is 26.2 Å². The summed E-state index contributed by atoms with van der Waals surface area (Å²) >= 11 is 0. The van der Waals surface area contributed by atoms with E-state index in [2.05, 4.69) is 6.07 Å². The molecule has 0 saturated carbocycles. The number of nitrogens with two attached hydrogens (primary N) is 1. The Morgan fingerprint density at radius 2 is 1.77 bits per heavy atom. The summed E-state index contributed by atoms with van der Waals surface area (Å²) in [5.74, 6) is 0.374. The van der Waals surface area contributed by atoms with Gasteiger partial charge in [0.2, 0.25) is 5.91 Å². The molecule has 2 N–H and O–H groups in total. The molecule has 2 aromatic carbocycles. The first-order valence-electron chi connectivity index (χ1n) is 13.7. The fraction of sp³-hybridized carbons (Fsp3) is 0.500. The van der Waals surface area contributed by atoms with Gasteiger partial charge in [0.05, 0.1) is 24.8 Å². The van der Waals surface area contributed by atoms with Crippen LogP contribution in [0.15, 0.2) is 42.5 Å². The van der Waals surface area contributed by atoms with E-state index in [9.17, 15) is 19.2 Å². The van der Waals surface area contributed by atoms with Gasteiger partial charge in [-0.05, 0) is 86.8 Å². The summed E-state index contributed by atoms with van der Waals surface area (Å²) in [7, 11) is 0. The third kappa shape index (κ3) is 7.27. The van der Waals surface area contributed by atoms with Gasteiger partial charge in [0.1, 0.15) is 17.6 Å². The maximum absolute atomic E-state index is 14.9. The first-order chi connectivity index (χ1) is 18.7. The summed E-state index contributed by atoms with van der Waals surface area (Å²) in [6, 6.07) is 13.2. The fourth-order valence-electron chi connectivity index (χ4n) is 5.11. The SMILES string of the molecule is CC(C)OC(=O)N1CCC(COc2ccc(-c3ccc(C[C@H](N)C(=O)N4CCC[C@H]4C#N)c(F)c3)cc2)CC1. The second-order valence-corrected chi connectivity index (χ2v) is 10.6. The number of likely N-dealkylation sites (tertiary alicyclic amines) is 2. The Labute approximate surface area is 229 Å². The van der Waals surface area contributed by atoms with Crippen molar-refractivity contribution >= 4 is 12.0 Å². The molecule has 39 heavy (non-hydrogen) atoms. The minimum Gasteiger partial charge on any atom is -0.493 e. The van der Waals surface area contributed by atoms with E-state index in [1.807, 2.05) is 44.2 Å². The number of amides is 2. The molecule has 2 saturated heterocycles. The number of hydrogen-bond donors (Lipinski definition) is 1. The second kappa shape index (κ2) is 12.9. The quantitative estimate of drug-likeness (QED) is 0.532. The van der Waals surface area contributed by atoms with Gasteiger partial charge in [0.25, 0.3) is 0 Å². The highest BCUT2D eigenvalue weighted by Gasteiger charge is 2.32. The Kier molecular flexibility index (Phi) is 9.41. The number of piperidine rings is 1. The lowest BCUT2D eigenvalue weighted by Crippen LogP contribution is -2.46. The van der Waals surface area contributed by atoms with Crippen LogP contribution in [0, 0.1) is 23.1 Å². The van der Waals surface area contributed by atoms with E-state index in [0.717, 1.165) is 30.6 Å². The Bertz CT molecular complexity index is 1190. The van der Waals surface area contributed by atoms with Crippen LogP contribution in [0.4, 0.5) is 9.18 Å². The molecular weight excluding hydrogens is 499 g/mol. The van der Waals surface area contributed by atoms with Crippen LogP contribution in [-0.2, 0) is 16.0 Å². The van der Waals surface area contributed by atoms with E-state index in [1.165, 1.54) is 11.0 Å². The molecule has 2 aliphatic heterocycles. The second-order valence-electron chi connectivity index (χ2n) is 10.6. The molecule has 2 aliphatic rings. The number of carbonyl (C=O) groups excluding carboxylic acids is 2. The first-order valence-corrected chi connectivity index (χ1v) is 13.7. The zero-order chi connectivity index (χ0) is 27.9. The molecule has 2 aromatic rings. The van der Waals surface area contributed by atoms with Crippen molar-refractivity contribution in [1.82, 2.24) is 9.80 Å². The van der Waals surface area contributed by atoms with Gasteiger partial charge in [-0.3, -0.25) is 4.79 Å². The van der Waals surface area contributed by atoms with E-state index in [1.54, 1.807) is 11.0 Å². The van der Waals surface area contributed by atoms with Crippen LogP contribution in [0.2, 0.25) is 0 Å². The van der Waals surface area contributed by atoms with Crippen LogP contribution >= 0.6 is 0 Å². The standard InChI is InChI=1S/C30H37FN4O4/c1-20(2)39-30(37)34-14-11-21(12-15-34)19-38-26-9-7-22(8-10-26)23-5-6-24(27(31)16-23)17-28(33)29(36)35-13-3-4-25(35)18-32/h5-10,16,20-21,25,28H,3-4,11-15,17,19,33H2,1-2H3/t25-,28-/m0/s1. The Morgan fingerprint density at radius 1 is 1.08 bits per heavy atom. The van der Waals surface area contributed by atoms with Gasteiger partial charge < -0.3 is 25.0 Å². The zero-order valence-corrected chi connectivity index (χ0v) is 22.6. The molecule has 2 atom stereocenters. The number of carbonyl (C=O) groups is 2. The summed E-state index contributed by atoms with van der Waals surface area (Å²) in [6.45, 7) is 6.11. The molecule has 208 valence electrons. The molecule has 2 fully saturated rings. The van der Waals surface area contributed by atoms with Crippen molar-refractivity contribution in [1.29, 1.82) is 5.26 Å². The molecule has 2 heterocycles. The third-order valence-electron chi connectivity index (χ3n) is 7.38. The van der Waals surface area contributed by atoms with Crippen LogP contribution in [0.25, 0.3) is 11.1 Å². The van der Waals surface area contributed by atoms with Crippen LogP contribution in [0.1, 0.15) is 45.1 Å². The highest BCUT2D eigenvalue weighted by atomic mass is 19.1. The number of rotatable bonds is 8. The van der Waals surface area contributed by atoms with Crippen LogP contribution in [0.3, 0.4) is 0 Å². The Morgan fingerprint density at radius 3 is 2.41 bits per heavy atom. The number of halogens is 1. The fourth-order valence-corrected chi connectivity index (χ4v) is 5.11. The normalized spacial score (nSPS) is 18.6. The molecule has 0 aliphatic carbocycles. The number of nitrogens with zero attached hydrogens (tertiary/aromatic N) is 3. The number of nitriles is 1. The minimum atomic E-state index is -0.892. The number of ether oxygens (including phenoxy) is 2. The van der Waals surface area contributed by atoms with Crippen molar-refractivity contribution in [3.63, 3.8) is 0 Å². The molecule has 8 nitrogen and oxygen atoms in total. The summed E-state index contributed by atoms with van der Waals surface area (Å²) in [5.41, 5.74) is 8.03. The Balaban J connectivity index is 1.27. The molecular formula is C30H37FN4O4. The van der Waals surface area contributed by atoms with Gasteiger partial charge in [-0.15, -0.1) is 0 Å². The van der Waals surface area contributed by atoms with E-state index in [-0.39, 0.29) is 24.5 Å². The summed E-state index contributed by atoms with van der Waals surface area (Å²) in [6.07, 6.45) is 2.86. The molecule has 0 aromatic heterocycles. The van der Waals surface area contributed by atoms with Gasteiger partial charge in [-0.1, -0.05) is 24.3 Å². The Hall–Kier alpha value is -3.64. The average molecular weight is 537 g/mol. The summed E-state index contributed by atoms with van der Waals surface area (Å²) in [5, 5.41) is 9.23. The van der Waals surface area contributed by atoms with Crippen LogP contribution < -0.4 is 10.5 Å². The number of benzene rings is 2. The zero-order valence-electron chi connectivity index (χ0n) is 22.6. The maximum atomic E-state index is 14.9. The van der Waals surface area contributed by atoms with Crippen molar-refractivity contribution in [3.8, 4) is 22.9 Å². The van der Waals surface area contributed by atoms with Crippen molar-refractivity contribution in [2.45, 2.75) is 64.1 Å². The molecule has 9 heteroatoms. The predicted octanol–water partition coefficient (Wildman–Crippen LogP) is 4.51. The largest absolute Gasteiger partial charge is 0.493 e. The van der Waals surface area contributed by atoms with Gasteiger partial charge in [-0.25, -0.2) is 9.18 Å². The van der Waals surface area contributed by atoms with Crippen molar-refractivity contribution in [2.24, 2.45) is 11.7 Å². The van der Waals surface area contributed by atoms with E-state index in [0.29, 0.717) is 49.7 Å². The minimum absolute atomic E-state index is 0.0736. The van der Waals surface area contributed by atoms with Gasteiger partial charge in [-0.2, -0.15) is 5.26 Å². The highest BCUT2D eigenvalue weighted by molar-refractivity contribution is 5.83. The number of hydrogen-bond acceptors (Lipinski definition) is 6. The van der Waals surface area contributed by atoms with E-state index < -0.39 is 17.9 Å². The smallest absolute Gasteiger partial charge is 0.410 e. The van der Waals surface area contributed by atoms with Gasteiger partial charge in [0, 0.05) is 19.6 Å². The molecule has 0 bridgehead atoms. The van der Waals surface area contributed by atoms with E-state index in [4.69, 9.17) is 15.2 Å². The topological polar surface area (TPSA) is 109 Å². The highest BCUT2D eigenvalue weighted by Crippen LogP contribution is 2.26. The lowest BCUT2D eigenvalue weighted by molar-refractivity contribution is -0.132. The van der Waals surface area contributed by atoms with Crippen molar-refractivity contribution in [3.05, 3.63) is 53.8 Å². The first kappa shape index (κ1) is 28.4. The summed E-state index contributed by atoms with van der Waals surface area (Å²) in [4.78, 5) is 28.0. The van der Waals surface area contributed by atoms with E-state index >= 15 is 0 Å².